The van der Waals surface area contributed by atoms with Gasteiger partial charge in [-0.05, 0) is 30.8 Å². The second-order valence-electron chi connectivity index (χ2n) is 7.14. The fourth-order valence-electron chi connectivity index (χ4n) is 3.90. The second-order valence-corrected chi connectivity index (χ2v) is 7.14. The number of benzene rings is 2. The predicted molar refractivity (Wildman–Crippen MR) is 116 cm³/mol. The summed E-state index contributed by atoms with van der Waals surface area (Å²) >= 11 is 0. The van der Waals surface area contributed by atoms with Crippen LogP contribution < -0.4 is 10.2 Å². The van der Waals surface area contributed by atoms with Crippen LogP contribution in [0, 0.1) is 0 Å². The molecular weight excluding hydrogens is 348 g/mol. The summed E-state index contributed by atoms with van der Waals surface area (Å²) in [5, 5.41) is 3.18. The summed E-state index contributed by atoms with van der Waals surface area (Å²) in [6.45, 7) is 10.1. The van der Waals surface area contributed by atoms with E-state index < -0.39 is 0 Å². The Balaban J connectivity index is 1.55. The monoisotopic (exact) mass is 380 g/mol. The van der Waals surface area contributed by atoms with Gasteiger partial charge in [-0.25, -0.2) is 4.79 Å². The van der Waals surface area contributed by atoms with Gasteiger partial charge in [0.05, 0.1) is 6.04 Å². The van der Waals surface area contributed by atoms with Gasteiger partial charge >= 0.3 is 6.03 Å². The molecule has 1 aliphatic heterocycles. The molecule has 2 aromatic rings. The van der Waals surface area contributed by atoms with Gasteiger partial charge in [0.1, 0.15) is 0 Å². The van der Waals surface area contributed by atoms with Gasteiger partial charge in [0.15, 0.2) is 0 Å². The standard InChI is InChI=1S/C23H32N4O/c1-3-25(4-2)22(20-11-7-5-8-12-20)19-24-23(28)27-17-15-26(16-18-27)21-13-9-6-10-14-21/h5-14,22H,3-4,15-19H2,1-2H3,(H,24,28). The van der Waals surface area contributed by atoms with E-state index in [1.165, 1.54) is 11.3 Å². The molecule has 3 rings (SSSR count). The van der Waals surface area contributed by atoms with E-state index in [1.807, 2.05) is 17.0 Å². The topological polar surface area (TPSA) is 38.8 Å². The Kier molecular flexibility index (Phi) is 7.31. The number of carbonyl (C=O) groups is 1. The number of carbonyl (C=O) groups excluding carboxylic acids is 1. The van der Waals surface area contributed by atoms with Crippen LogP contribution in [-0.2, 0) is 0 Å². The molecule has 5 heteroatoms. The van der Waals surface area contributed by atoms with Crippen molar-refractivity contribution in [2.75, 3.05) is 50.7 Å². The van der Waals surface area contributed by atoms with Crippen molar-refractivity contribution in [3.8, 4) is 0 Å². The molecule has 0 aromatic heterocycles. The minimum Gasteiger partial charge on any atom is -0.368 e. The number of anilines is 1. The van der Waals surface area contributed by atoms with Gasteiger partial charge in [0.25, 0.3) is 0 Å². The lowest BCUT2D eigenvalue weighted by atomic mass is 10.1. The highest BCUT2D eigenvalue weighted by molar-refractivity contribution is 5.74. The van der Waals surface area contributed by atoms with E-state index in [2.05, 4.69) is 77.5 Å². The molecule has 0 aliphatic carbocycles. The Morgan fingerprint density at radius 3 is 2.07 bits per heavy atom. The van der Waals surface area contributed by atoms with Gasteiger partial charge in [0, 0.05) is 38.4 Å². The molecule has 1 aliphatic rings. The second kappa shape index (κ2) is 10.1. The van der Waals surface area contributed by atoms with E-state index in [0.717, 1.165) is 39.3 Å². The van der Waals surface area contributed by atoms with Crippen molar-refractivity contribution < 1.29 is 4.79 Å². The first-order chi connectivity index (χ1) is 13.7. The lowest BCUT2D eigenvalue weighted by Crippen LogP contribution is -2.52. The number of likely N-dealkylation sites (N-methyl/N-ethyl adjacent to an activating group) is 1. The molecule has 0 spiro atoms. The van der Waals surface area contributed by atoms with Crippen molar-refractivity contribution in [2.24, 2.45) is 0 Å². The van der Waals surface area contributed by atoms with Crippen LogP contribution in [0.3, 0.4) is 0 Å². The maximum Gasteiger partial charge on any atom is 0.317 e. The Bertz CT molecular complexity index is 710. The SMILES string of the molecule is CCN(CC)C(CNC(=O)N1CCN(c2ccccc2)CC1)c1ccccc1. The van der Waals surface area contributed by atoms with Crippen LogP contribution in [0.1, 0.15) is 25.5 Å². The average molecular weight is 381 g/mol. The number of hydrogen-bond donors (Lipinski definition) is 1. The number of nitrogens with one attached hydrogen (secondary N) is 1. The van der Waals surface area contributed by atoms with Crippen LogP contribution in [0.15, 0.2) is 60.7 Å². The number of para-hydroxylation sites is 1. The Morgan fingerprint density at radius 2 is 1.50 bits per heavy atom. The third-order valence-corrected chi connectivity index (χ3v) is 5.57. The first kappa shape index (κ1) is 20.2. The summed E-state index contributed by atoms with van der Waals surface area (Å²) in [5.74, 6) is 0. The summed E-state index contributed by atoms with van der Waals surface area (Å²) in [5.41, 5.74) is 2.48. The third-order valence-electron chi connectivity index (χ3n) is 5.57. The van der Waals surface area contributed by atoms with Crippen LogP contribution in [-0.4, -0.2) is 61.6 Å². The van der Waals surface area contributed by atoms with Crippen molar-refractivity contribution in [3.05, 3.63) is 66.2 Å². The molecule has 1 fully saturated rings. The fraction of sp³-hybridized carbons (Fsp3) is 0.435. The molecule has 1 saturated heterocycles. The van der Waals surface area contributed by atoms with Gasteiger partial charge in [0.2, 0.25) is 0 Å². The summed E-state index contributed by atoms with van der Waals surface area (Å²) < 4.78 is 0. The zero-order valence-electron chi connectivity index (χ0n) is 17.1. The van der Waals surface area contributed by atoms with E-state index in [4.69, 9.17) is 0 Å². The smallest absolute Gasteiger partial charge is 0.317 e. The number of hydrogen-bond acceptors (Lipinski definition) is 3. The first-order valence-corrected chi connectivity index (χ1v) is 10.3. The first-order valence-electron chi connectivity index (χ1n) is 10.3. The van der Waals surface area contributed by atoms with Gasteiger partial charge in [-0.3, -0.25) is 4.90 Å². The van der Waals surface area contributed by atoms with E-state index >= 15 is 0 Å². The number of urea groups is 1. The normalized spacial score (nSPS) is 15.5. The largest absolute Gasteiger partial charge is 0.368 e. The predicted octanol–water partition coefficient (Wildman–Crippen LogP) is 3.60. The molecule has 5 nitrogen and oxygen atoms in total. The van der Waals surface area contributed by atoms with E-state index in [0.29, 0.717) is 6.54 Å². The van der Waals surface area contributed by atoms with Crippen LogP contribution in [0.25, 0.3) is 0 Å². The van der Waals surface area contributed by atoms with Crippen molar-refractivity contribution in [3.63, 3.8) is 0 Å². The highest BCUT2D eigenvalue weighted by atomic mass is 16.2. The molecule has 0 bridgehead atoms. The Labute approximate surface area is 168 Å². The van der Waals surface area contributed by atoms with E-state index in [1.54, 1.807) is 0 Å². The van der Waals surface area contributed by atoms with Crippen LogP contribution in [0.5, 0.6) is 0 Å². The molecule has 1 unspecified atom stereocenters. The van der Waals surface area contributed by atoms with Gasteiger partial charge in [-0.1, -0.05) is 62.4 Å². The summed E-state index contributed by atoms with van der Waals surface area (Å²) in [4.78, 5) is 19.4. The van der Waals surface area contributed by atoms with Crippen LogP contribution >= 0.6 is 0 Å². The number of piperazine rings is 1. The molecule has 2 amide bonds. The molecule has 2 aromatic carbocycles. The summed E-state index contributed by atoms with van der Waals surface area (Å²) in [6, 6.07) is 21.1. The van der Waals surface area contributed by atoms with Gasteiger partial charge in [-0.15, -0.1) is 0 Å². The van der Waals surface area contributed by atoms with Crippen LogP contribution in [0.4, 0.5) is 10.5 Å². The third kappa shape index (κ3) is 5.04. The molecule has 28 heavy (non-hydrogen) atoms. The molecule has 150 valence electrons. The van der Waals surface area contributed by atoms with E-state index in [-0.39, 0.29) is 12.1 Å². The zero-order chi connectivity index (χ0) is 19.8. The molecular formula is C23H32N4O. The van der Waals surface area contributed by atoms with Gasteiger partial charge in [-0.2, -0.15) is 0 Å². The molecule has 1 atom stereocenters. The van der Waals surface area contributed by atoms with Crippen molar-refractivity contribution in [1.29, 1.82) is 0 Å². The lowest BCUT2D eigenvalue weighted by molar-refractivity contribution is 0.180. The molecule has 1 N–H and O–H groups in total. The lowest BCUT2D eigenvalue weighted by Gasteiger charge is -2.37. The fourth-order valence-corrected chi connectivity index (χ4v) is 3.90. The highest BCUT2D eigenvalue weighted by Crippen LogP contribution is 2.20. The number of nitrogens with zero attached hydrogens (tertiary/aromatic N) is 3. The van der Waals surface area contributed by atoms with Gasteiger partial charge < -0.3 is 15.1 Å². The highest BCUT2D eigenvalue weighted by Gasteiger charge is 2.23. The Morgan fingerprint density at radius 1 is 0.929 bits per heavy atom. The zero-order valence-corrected chi connectivity index (χ0v) is 17.1. The van der Waals surface area contributed by atoms with Crippen LogP contribution in [0.2, 0.25) is 0 Å². The minimum absolute atomic E-state index is 0.0424. The maximum atomic E-state index is 12.8. The molecule has 0 radical (unpaired) electrons. The molecule has 1 heterocycles. The summed E-state index contributed by atoms with van der Waals surface area (Å²) in [6.07, 6.45) is 0. The van der Waals surface area contributed by atoms with Crippen molar-refractivity contribution >= 4 is 11.7 Å². The number of rotatable bonds is 7. The minimum atomic E-state index is 0.0424. The Hall–Kier alpha value is -2.53. The number of amides is 2. The van der Waals surface area contributed by atoms with E-state index in [9.17, 15) is 4.79 Å². The van der Waals surface area contributed by atoms with Crippen molar-refractivity contribution in [2.45, 2.75) is 19.9 Å². The van der Waals surface area contributed by atoms with Crippen molar-refractivity contribution in [1.82, 2.24) is 15.1 Å². The summed E-state index contributed by atoms with van der Waals surface area (Å²) in [7, 11) is 0. The maximum absolute atomic E-state index is 12.8. The average Bonchev–Trinajstić information content (AvgIpc) is 2.77. The molecule has 0 saturated carbocycles. The quantitative estimate of drug-likeness (QED) is 0.798.